The minimum atomic E-state index is -0.458. The van der Waals surface area contributed by atoms with E-state index in [2.05, 4.69) is 34.1 Å². The Morgan fingerprint density at radius 2 is 1.90 bits per heavy atom. The van der Waals surface area contributed by atoms with Gasteiger partial charge in [0.25, 0.3) is 5.91 Å². The molecular formula is C24H31N3O2. The maximum atomic E-state index is 13.4. The van der Waals surface area contributed by atoms with Gasteiger partial charge in [0.05, 0.1) is 12.6 Å². The highest BCUT2D eigenvalue weighted by molar-refractivity contribution is 5.82. The molecule has 0 N–H and O–H groups in total. The van der Waals surface area contributed by atoms with Crippen LogP contribution < -0.4 is 0 Å². The molecule has 2 aromatic rings. The largest absolute Gasteiger partial charge is 0.365 e. The summed E-state index contributed by atoms with van der Waals surface area (Å²) in [6.07, 6.45) is 7.10. The third kappa shape index (κ3) is 4.68. The molecule has 1 aromatic carbocycles. The van der Waals surface area contributed by atoms with Gasteiger partial charge in [0, 0.05) is 44.5 Å². The van der Waals surface area contributed by atoms with Crippen LogP contribution in [0.5, 0.6) is 0 Å². The first-order chi connectivity index (χ1) is 14.2. The molecule has 2 heterocycles. The van der Waals surface area contributed by atoms with Crippen LogP contribution in [0.25, 0.3) is 0 Å². The lowest BCUT2D eigenvalue weighted by Crippen LogP contribution is -2.54. The van der Waals surface area contributed by atoms with Crippen LogP contribution in [-0.2, 0) is 16.0 Å². The van der Waals surface area contributed by atoms with Crippen molar-refractivity contribution in [3.63, 3.8) is 0 Å². The van der Waals surface area contributed by atoms with Crippen molar-refractivity contribution >= 4 is 5.91 Å². The first-order valence-corrected chi connectivity index (χ1v) is 10.8. The number of aromatic nitrogens is 1. The van der Waals surface area contributed by atoms with Gasteiger partial charge in [0.1, 0.15) is 0 Å². The van der Waals surface area contributed by atoms with Crippen LogP contribution >= 0.6 is 0 Å². The van der Waals surface area contributed by atoms with Crippen molar-refractivity contribution < 1.29 is 9.53 Å². The van der Waals surface area contributed by atoms with Gasteiger partial charge in [-0.05, 0) is 30.5 Å². The SMILES string of the molecule is CN(CCc1ccccn1)C(=O)[C@@H]1OCCN(C2CCCC2)[C@H]1c1ccccc1. The van der Waals surface area contributed by atoms with Crippen LogP contribution in [0, 0.1) is 0 Å². The number of hydrogen-bond donors (Lipinski definition) is 0. The molecule has 1 aliphatic heterocycles. The van der Waals surface area contributed by atoms with Gasteiger partial charge in [-0.25, -0.2) is 0 Å². The van der Waals surface area contributed by atoms with Crippen LogP contribution in [0.4, 0.5) is 0 Å². The number of ether oxygens (including phenoxy) is 1. The fourth-order valence-electron chi connectivity index (χ4n) is 4.71. The van der Waals surface area contributed by atoms with Crippen molar-refractivity contribution in [2.45, 2.75) is 50.3 Å². The second kappa shape index (κ2) is 9.51. The third-order valence-corrected chi connectivity index (χ3v) is 6.27. The smallest absolute Gasteiger partial charge is 0.253 e. The zero-order valence-electron chi connectivity index (χ0n) is 17.2. The topological polar surface area (TPSA) is 45.7 Å². The third-order valence-electron chi connectivity index (χ3n) is 6.27. The molecule has 5 nitrogen and oxygen atoms in total. The molecule has 1 saturated carbocycles. The number of amides is 1. The highest BCUT2D eigenvalue weighted by atomic mass is 16.5. The summed E-state index contributed by atoms with van der Waals surface area (Å²) < 4.78 is 6.12. The van der Waals surface area contributed by atoms with E-state index in [4.69, 9.17) is 4.74 Å². The average Bonchev–Trinajstić information content (AvgIpc) is 3.32. The first-order valence-electron chi connectivity index (χ1n) is 10.8. The highest BCUT2D eigenvalue weighted by Gasteiger charge is 2.42. The molecule has 2 atom stereocenters. The fraction of sp³-hybridized carbons (Fsp3) is 0.500. The van der Waals surface area contributed by atoms with E-state index in [0.717, 1.165) is 18.7 Å². The van der Waals surface area contributed by atoms with Crippen LogP contribution in [0.15, 0.2) is 54.7 Å². The van der Waals surface area contributed by atoms with E-state index in [1.807, 2.05) is 36.2 Å². The summed E-state index contributed by atoms with van der Waals surface area (Å²) in [4.78, 5) is 22.1. The van der Waals surface area contributed by atoms with Crippen LogP contribution in [0.3, 0.4) is 0 Å². The Hall–Kier alpha value is -2.24. The molecule has 2 fully saturated rings. The number of benzene rings is 1. The molecule has 2 aliphatic rings. The van der Waals surface area contributed by atoms with E-state index in [0.29, 0.717) is 19.2 Å². The number of carbonyl (C=O) groups excluding carboxylic acids is 1. The lowest BCUT2D eigenvalue weighted by molar-refractivity contribution is -0.157. The zero-order valence-corrected chi connectivity index (χ0v) is 17.2. The van der Waals surface area contributed by atoms with Crippen molar-refractivity contribution in [3.8, 4) is 0 Å². The van der Waals surface area contributed by atoms with Gasteiger partial charge in [-0.1, -0.05) is 49.2 Å². The van der Waals surface area contributed by atoms with Crippen molar-refractivity contribution in [2.75, 3.05) is 26.7 Å². The lowest BCUT2D eigenvalue weighted by atomic mass is 9.94. The number of rotatable bonds is 6. The van der Waals surface area contributed by atoms with Crippen molar-refractivity contribution in [1.29, 1.82) is 0 Å². The predicted molar refractivity (Wildman–Crippen MR) is 113 cm³/mol. The van der Waals surface area contributed by atoms with Gasteiger partial charge in [0.15, 0.2) is 6.10 Å². The van der Waals surface area contributed by atoms with E-state index in [9.17, 15) is 4.79 Å². The Morgan fingerprint density at radius 1 is 1.14 bits per heavy atom. The quantitative estimate of drug-likeness (QED) is 0.754. The molecule has 5 heteroatoms. The molecule has 0 bridgehead atoms. The van der Waals surface area contributed by atoms with Crippen LogP contribution in [0.1, 0.15) is 43.0 Å². The summed E-state index contributed by atoms with van der Waals surface area (Å²) in [7, 11) is 1.88. The molecule has 29 heavy (non-hydrogen) atoms. The zero-order chi connectivity index (χ0) is 20.1. The second-order valence-electron chi connectivity index (χ2n) is 8.15. The summed E-state index contributed by atoms with van der Waals surface area (Å²) in [6, 6.07) is 16.9. The number of pyridine rings is 1. The summed E-state index contributed by atoms with van der Waals surface area (Å²) >= 11 is 0. The number of likely N-dealkylation sites (N-methyl/N-ethyl adjacent to an activating group) is 1. The van der Waals surface area contributed by atoms with Gasteiger partial charge in [-0.15, -0.1) is 0 Å². The number of hydrogen-bond acceptors (Lipinski definition) is 4. The summed E-state index contributed by atoms with van der Waals surface area (Å²) in [5.74, 6) is 0.0671. The van der Waals surface area contributed by atoms with Gasteiger partial charge >= 0.3 is 0 Å². The molecule has 1 saturated heterocycles. The van der Waals surface area contributed by atoms with Crippen LogP contribution in [0.2, 0.25) is 0 Å². The predicted octanol–water partition coefficient (Wildman–Crippen LogP) is 3.47. The van der Waals surface area contributed by atoms with Crippen LogP contribution in [-0.4, -0.2) is 59.6 Å². The number of morpholine rings is 1. The summed E-state index contributed by atoms with van der Waals surface area (Å²) in [5.41, 5.74) is 2.18. The van der Waals surface area contributed by atoms with Gasteiger partial charge in [0.2, 0.25) is 0 Å². The molecule has 1 aliphatic carbocycles. The highest BCUT2D eigenvalue weighted by Crippen LogP contribution is 2.36. The number of carbonyl (C=O) groups is 1. The molecule has 4 rings (SSSR count). The minimum Gasteiger partial charge on any atom is -0.365 e. The van der Waals surface area contributed by atoms with Crippen molar-refractivity contribution in [2.24, 2.45) is 0 Å². The van der Waals surface area contributed by atoms with Gasteiger partial charge in [-0.3, -0.25) is 14.7 Å². The van der Waals surface area contributed by atoms with Gasteiger partial charge in [-0.2, -0.15) is 0 Å². The molecule has 0 radical (unpaired) electrons. The van der Waals surface area contributed by atoms with E-state index < -0.39 is 6.10 Å². The minimum absolute atomic E-state index is 0.0159. The Morgan fingerprint density at radius 3 is 2.62 bits per heavy atom. The molecule has 154 valence electrons. The summed E-state index contributed by atoms with van der Waals surface area (Å²) in [5, 5.41) is 0. The first kappa shape index (κ1) is 20.0. The average molecular weight is 394 g/mol. The van der Waals surface area contributed by atoms with Crippen molar-refractivity contribution in [1.82, 2.24) is 14.8 Å². The molecular weight excluding hydrogens is 362 g/mol. The van der Waals surface area contributed by atoms with E-state index in [-0.39, 0.29) is 11.9 Å². The molecule has 1 amide bonds. The fourth-order valence-corrected chi connectivity index (χ4v) is 4.71. The van der Waals surface area contributed by atoms with Crippen molar-refractivity contribution in [3.05, 3.63) is 66.0 Å². The Bertz CT molecular complexity index is 777. The molecule has 1 aromatic heterocycles. The maximum absolute atomic E-state index is 13.4. The Kier molecular flexibility index (Phi) is 6.57. The normalized spacial score (nSPS) is 23.2. The molecule has 0 spiro atoms. The Labute approximate surface area is 173 Å². The monoisotopic (exact) mass is 393 g/mol. The summed E-state index contributed by atoms with van der Waals surface area (Å²) in [6.45, 7) is 2.15. The second-order valence-corrected chi connectivity index (χ2v) is 8.15. The standard InChI is InChI=1S/C24H31N3O2/c1-26(16-14-20-11-7-8-15-25-20)24(28)23-22(19-9-3-2-4-10-19)27(17-18-29-23)21-12-5-6-13-21/h2-4,7-11,15,21-23H,5-6,12-14,16-18H2,1H3/t22-,23+/m0/s1. The maximum Gasteiger partial charge on any atom is 0.253 e. The van der Waals surface area contributed by atoms with E-state index in [1.165, 1.54) is 31.2 Å². The van der Waals surface area contributed by atoms with E-state index in [1.54, 1.807) is 6.20 Å². The molecule has 0 unspecified atom stereocenters. The lowest BCUT2D eigenvalue weighted by Gasteiger charge is -2.44. The van der Waals surface area contributed by atoms with E-state index >= 15 is 0 Å². The van der Waals surface area contributed by atoms with Gasteiger partial charge < -0.3 is 9.64 Å². The number of nitrogens with zero attached hydrogens (tertiary/aromatic N) is 3. The Balaban J connectivity index is 1.52.